The number of rotatable bonds is 3. The summed E-state index contributed by atoms with van der Waals surface area (Å²) in [6.07, 6.45) is 1.43. The van der Waals surface area contributed by atoms with E-state index in [1.807, 2.05) is 25.1 Å². The number of fused-ring (bicyclic) bond motifs is 1. The quantitative estimate of drug-likeness (QED) is 0.809. The number of benzene rings is 1. The van der Waals surface area contributed by atoms with Crippen LogP contribution in [0.2, 0.25) is 0 Å². The van der Waals surface area contributed by atoms with Crippen LogP contribution in [-0.4, -0.2) is 71.1 Å². The first-order valence-electron chi connectivity index (χ1n) is 7.47. The lowest BCUT2D eigenvalue weighted by atomic mass is 10.2. The Hall–Kier alpha value is -3.03. The summed E-state index contributed by atoms with van der Waals surface area (Å²) in [7, 11) is 2.98. The van der Waals surface area contributed by atoms with Gasteiger partial charge in [-0.15, -0.1) is 4.99 Å². The molecule has 1 N–H and O–H groups in total. The summed E-state index contributed by atoms with van der Waals surface area (Å²) in [6.45, 7) is 1.91. The minimum Gasteiger partial charge on any atom is -0.323 e. The Morgan fingerprint density at radius 2 is 2.04 bits per heavy atom. The van der Waals surface area contributed by atoms with Gasteiger partial charge in [-0.3, -0.25) is 14.5 Å². The zero-order chi connectivity index (χ0) is 17.4. The molecule has 1 fully saturated rings. The average Bonchev–Trinajstić information content (AvgIpc) is 2.94. The van der Waals surface area contributed by atoms with E-state index >= 15 is 0 Å². The summed E-state index contributed by atoms with van der Waals surface area (Å²) in [5.74, 6) is -0.249. The van der Waals surface area contributed by atoms with Gasteiger partial charge in [0.1, 0.15) is 0 Å². The van der Waals surface area contributed by atoms with Gasteiger partial charge in [0.05, 0.1) is 7.05 Å². The zero-order valence-corrected chi connectivity index (χ0v) is 13.7. The van der Waals surface area contributed by atoms with Gasteiger partial charge in [-0.05, 0) is 24.6 Å². The second-order valence-electron chi connectivity index (χ2n) is 5.81. The molecule has 24 heavy (non-hydrogen) atoms. The van der Waals surface area contributed by atoms with Crippen molar-refractivity contribution in [1.82, 2.24) is 9.80 Å². The van der Waals surface area contributed by atoms with Gasteiger partial charge in [0.15, 0.2) is 6.54 Å². The highest BCUT2D eigenvalue weighted by molar-refractivity contribution is 6.20. The molecule has 0 radical (unpaired) electrons. The van der Waals surface area contributed by atoms with Crippen LogP contribution in [0.25, 0.3) is 0 Å². The number of urea groups is 1. The lowest BCUT2D eigenvalue weighted by molar-refractivity contribution is -0.387. The predicted octanol–water partition coefficient (Wildman–Crippen LogP) is 0.279. The van der Waals surface area contributed by atoms with Crippen LogP contribution >= 0.6 is 0 Å². The van der Waals surface area contributed by atoms with Crippen LogP contribution in [0.1, 0.15) is 5.56 Å². The molecule has 1 atom stereocenters. The molecule has 1 unspecified atom stereocenters. The van der Waals surface area contributed by atoms with Gasteiger partial charge >= 0.3 is 6.03 Å². The van der Waals surface area contributed by atoms with Crippen molar-refractivity contribution in [2.75, 3.05) is 26.0 Å². The van der Waals surface area contributed by atoms with E-state index in [2.05, 4.69) is 10.3 Å². The van der Waals surface area contributed by atoms with Crippen molar-refractivity contribution < 1.29 is 19.0 Å². The molecule has 124 valence electrons. The van der Waals surface area contributed by atoms with Crippen molar-refractivity contribution in [3.05, 3.63) is 29.8 Å². The molecule has 8 nitrogen and oxygen atoms in total. The highest BCUT2D eigenvalue weighted by Crippen LogP contribution is 2.16. The van der Waals surface area contributed by atoms with Crippen molar-refractivity contribution in [3.63, 3.8) is 0 Å². The van der Waals surface area contributed by atoms with Gasteiger partial charge in [0.2, 0.25) is 6.34 Å². The normalized spacial score (nSPS) is 19.9. The summed E-state index contributed by atoms with van der Waals surface area (Å²) in [5, 5.41) is 2.80. The Morgan fingerprint density at radius 1 is 1.29 bits per heavy atom. The number of likely N-dealkylation sites (N-methyl/N-ethyl adjacent to an activating group) is 2. The Kier molecular flexibility index (Phi) is 3.88. The molecule has 1 aromatic carbocycles. The van der Waals surface area contributed by atoms with Gasteiger partial charge in [0, 0.05) is 12.7 Å². The number of amides is 4. The topological polar surface area (TPSA) is 85.1 Å². The van der Waals surface area contributed by atoms with Crippen molar-refractivity contribution in [2.45, 2.75) is 13.0 Å². The lowest BCUT2D eigenvalue weighted by Gasteiger charge is -2.27. The highest BCUT2D eigenvalue weighted by Gasteiger charge is 2.50. The molecule has 1 aromatic rings. The number of anilines is 1. The molecule has 3 rings (SSSR count). The number of imide groups is 1. The van der Waals surface area contributed by atoms with E-state index in [0.717, 1.165) is 10.5 Å². The molecular formula is C16H18N5O3+. The van der Waals surface area contributed by atoms with E-state index in [1.165, 1.54) is 22.9 Å². The van der Waals surface area contributed by atoms with E-state index in [1.54, 1.807) is 13.1 Å². The fourth-order valence-electron chi connectivity index (χ4n) is 2.78. The van der Waals surface area contributed by atoms with Gasteiger partial charge in [0.25, 0.3) is 23.7 Å². The van der Waals surface area contributed by atoms with Crippen LogP contribution in [0.4, 0.5) is 10.5 Å². The molecule has 1 saturated heterocycles. The SMILES string of the molecule is Cc1cccc(NC(=O)C[N+]2=C3C(N=C2)C(=O)N(C)C(=O)N3C)c1. The molecular weight excluding hydrogens is 310 g/mol. The number of carbonyl (C=O) groups excluding carboxylic acids is 3. The van der Waals surface area contributed by atoms with Crippen molar-refractivity contribution in [1.29, 1.82) is 0 Å². The summed E-state index contributed by atoms with van der Waals surface area (Å²) in [6, 6.07) is 6.24. The maximum atomic E-state index is 12.3. The van der Waals surface area contributed by atoms with E-state index in [4.69, 9.17) is 0 Å². The lowest BCUT2D eigenvalue weighted by Crippen LogP contribution is -2.60. The van der Waals surface area contributed by atoms with Crippen LogP contribution in [0.5, 0.6) is 0 Å². The number of aryl methyl sites for hydroxylation is 1. The number of hydrogen-bond donors (Lipinski definition) is 1. The van der Waals surface area contributed by atoms with Crippen molar-refractivity contribution >= 4 is 35.7 Å². The summed E-state index contributed by atoms with van der Waals surface area (Å²) >= 11 is 0. The maximum absolute atomic E-state index is 12.3. The number of carbonyl (C=O) groups is 3. The standard InChI is InChI=1S/C16H17N5O3/c1-10-5-4-6-11(7-10)18-12(22)8-21-9-17-13-14(21)19(2)16(24)20(3)15(13)23/h4-7,9,13H,8H2,1-3H3/p+1. The second kappa shape index (κ2) is 5.88. The van der Waals surface area contributed by atoms with E-state index < -0.39 is 18.0 Å². The van der Waals surface area contributed by atoms with Crippen LogP contribution < -0.4 is 5.32 Å². The van der Waals surface area contributed by atoms with Gasteiger partial charge in [-0.25, -0.2) is 14.3 Å². The minimum atomic E-state index is -0.774. The fourth-order valence-corrected chi connectivity index (χ4v) is 2.78. The van der Waals surface area contributed by atoms with E-state index in [-0.39, 0.29) is 12.5 Å². The maximum Gasteiger partial charge on any atom is 0.388 e. The molecule has 4 amide bonds. The Labute approximate surface area is 139 Å². The Balaban J connectivity index is 1.79. The van der Waals surface area contributed by atoms with Gasteiger partial charge in [-0.1, -0.05) is 12.1 Å². The van der Waals surface area contributed by atoms with Gasteiger partial charge < -0.3 is 5.32 Å². The molecule has 0 aliphatic carbocycles. The van der Waals surface area contributed by atoms with Crippen LogP contribution in [0, 0.1) is 6.92 Å². The predicted molar refractivity (Wildman–Crippen MR) is 88.2 cm³/mol. The molecule has 0 aromatic heterocycles. The third-order valence-electron chi connectivity index (χ3n) is 3.99. The number of hydrogen-bond acceptors (Lipinski definition) is 4. The van der Waals surface area contributed by atoms with Crippen LogP contribution in [0.15, 0.2) is 29.3 Å². The first-order chi connectivity index (χ1) is 11.4. The number of amidine groups is 1. The number of nitrogens with one attached hydrogen (secondary N) is 1. The average molecular weight is 328 g/mol. The summed E-state index contributed by atoms with van der Waals surface area (Å²) in [5.41, 5.74) is 1.73. The van der Waals surface area contributed by atoms with Crippen molar-refractivity contribution in [3.8, 4) is 0 Å². The van der Waals surface area contributed by atoms with E-state index in [9.17, 15) is 14.4 Å². The van der Waals surface area contributed by atoms with E-state index in [0.29, 0.717) is 11.5 Å². The highest BCUT2D eigenvalue weighted by atomic mass is 16.2. The Morgan fingerprint density at radius 3 is 2.75 bits per heavy atom. The summed E-state index contributed by atoms with van der Waals surface area (Å²) < 4.78 is 1.53. The fraction of sp³-hybridized carbons (Fsp3) is 0.312. The largest absolute Gasteiger partial charge is 0.388 e. The number of nitrogens with zero attached hydrogens (tertiary/aromatic N) is 4. The molecule has 8 heteroatoms. The molecule has 0 spiro atoms. The molecule has 2 aliphatic heterocycles. The van der Waals surface area contributed by atoms with Crippen LogP contribution in [-0.2, 0) is 9.59 Å². The molecule has 0 bridgehead atoms. The second-order valence-corrected chi connectivity index (χ2v) is 5.81. The monoisotopic (exact) mass is 328 g/mol. The van der Waals surface area contributed by atoms with Crippen LogP contribution in [0.3, 0.4) is 0 Å². The molecule has 0 saturated carbocycles. The first-order valence-corrected chi connectivity index (χ1v) is 7.47. The summed E-state index contributed by atoms with van der Waals surface area (Å²) in [4.78, 5) is 43.0. The third kappa shape index (κ3) is 2.66. The molecule has 2 heterocycles. The van der Waals surface area contributed by atoms with Crippen molar-refractivity contribution in [2.24, 2.45) is 4.99 Å². The zero-order valence-electron chi connectivity index (χ0n) is 13.7. The first kappa shape index (κ1) is 15.9. The van der Waals surface area contributed by atoms with Gasteiger partial charge in [-0.2, -0.15) is 0 Å². The third-order valence-corrected chi connectivity index (χ3v) is 3.99. The molecule has 2 aliphatic rings. The smallest absolute Gasteiger partial charge is 0.323 e. The Bertz CT molecular complexity index is 799. The number of aliphatic imine (C=N–C) groups is 1. The minimum absolute atomic E-state index is 0.0299.